The van der Waals surface area contributed by atoms with Crippen LogP contribution in [-0.4, -0.2) is 29.0 Å². The molecule has 0 bridgehead atoms. The van der Waals surface area contributed by atoms with Crippen LogP contribution < -0.4 is 10.2 Å². The first-order chi connectivity index (χ1) is 11.6. The lowest BCUT2D eigenvalue weighted by Gasteiger charge is -2.32. The fraction of sp³-hybridized carbons (Fsp3) is 0.500. The molecule has 1 N–H and O–H groups in total. The smallest absolute Gasteiger partial charge is 0.225 e. The number of carbonyl (C=O) groups excluding carboxylic acids is 1. The third-order valence-corrected chi connectivity index (χ3v) is 5.47. The van der Waals surface area contributed by atoms with Crippen molar-refractivity contribution in [2.45, 2.75) is 32.7 Å². The molecule has 1 aliphatic heterocycles. The molecule has 3 rings (SSSR count). The number of hydrogen-bond acceptors (Lipinski definition) is 5. The third-order valence-electron chi connectivity index (χ3n) is 4.51. The van der Waals surface area contributed by atoms with Crippen LogP contribution in [0.4, 0.5) is 5.95 Å². The number of hydrogen-bond donors (Lipinski definition) is 1. The summed E-state index contributed by atoms with van der Waals surface area (Å²) < 4.78 is 0. The van der Waals surface area contributed by atoms with Gasteiger partial charge < -0.3 is 10.2 Å². The number of aromatic nitrogens is 2. The molecule has 0 aliphatic carbocycles. The molecule has 1 amide bonds. The Balaban J connectivity index is 1.57. The highest BCUT2D eigenvalue weighted by Crippen LogP contribution is 2.27. The number of anilines is 1. The van der Waals surface area contributed by atoms with Gasteiger partial charge >= 0.3 is 0 Å². The molecular formula is C18H24N4OS. The number of piperidine rings is 1. The minimum absolute atomic E-state index is 0.0752. The Hall–Kier alpha value is -1.95. The molecule has 2 aromatic heterocycles. The van der Waals surface area contributed by atoms with Crippen molar-refractivity contribution >= 4 is 23.2 Å². The second-order valence-corrected chi connectivity index (χ2v) is 7.54. The highest BCUT2D eigenvalue weighted by atomic mass is 32.1. The van der Waals surface area contributed by atoms with E-state index < -0.39 is 0 Å². The first-order valence-electron chi connectivity index (χ1n) is 8.51. The van der Waals surface area contributed by atoms with Crippen LogP contribution in [0.2, 0.25) is 0 Å². The molecule has 1 saturated heterocycles. The fourth-order valence-corrected chi connectivity index (χ4v) is 4.05. The predicted octanol–water partition coefficient (Wildman–Crippen LogP) is 3.27. The molecule has 0 aromatic carbocycles. The minimum atomic E-state index is 0.0752. The maximum atomic E-state index is 12.7. The first kappa shape index (κ1) is 16.9. The molecule has 6 heteroatoms. The van der Waals surface area contributed by atoms with Crippen molar-refractivity contribution < 1.29 is 4.79 Å². The number of nitrogens with one attached hydrogen (secondary N) is 1. The van der Waals surface area contributed by atoms with Gasteiger partial charge in [-0.2, -0.15) is 0 Å². The molecule has 1 atom stereocenters. The van der Waals surface area contributed by atoms with E-state index in [-0.39, 0.29) is 17.9 Å². The fourth-order valence-electron chi connectivity index (χ4n) is 3.10. The molecule has 1 aliphatic rings. The monoisotopic (exact) mass is 344 g/mol. The predicted molar refractivity (Wildman–Crippen MR) is 97.0 cm³/mol. The van der Waals surface area contributed by atoms with Crippen LogP contribution in [0.15, 0.2) is 36.0 Å². The minimum Gasteiger partial charge on any atom is -0.348 e. The van der Waals surface area contributed by atoms with Crippen LogP contribution in [0, 0.1) is 11.8 Å². The summed E-state index contributed by atoms with van der Waals surface area (Å²) in [5.41, 5.74) is 0. The summed E-state index contributed by atoms with van der Waals surface area (Å²) in [6.45, 7) is 5.96. The van der Waals surface area contributed by atoms with Gasteiger partial charge in [-0.3, -0.25) is 4.79 Å². The van der Waals surface area contributed by atoms with Gasteiger partial charge in [0.15, 0.2) is 0 Å². The Morgan fingerprint density at radius 3 is 2.54 bits per heavy atom. The molecule has 1 fully saturated rings. The van der Waals surface area contributed by atoms with E-state index in [1.807, 2.05) is 12.1 Å². The number of thiophene rings is 1. The maximum Gasteiger partial charge on any atom is 0.225 e. The largest absolute Gasteiger partial charge is 0.348 e. The highest BCUT2D eigenvalue weighted by Gasteiger charge is 2.28. The summed E-state index contributed by atoms with van der Waals surface area (Å²) in [5, 5.41) is 5.33. The lowest BCUT2D eigenvalue weighted by Crippen LogP contribution is -2.42. The Kier molecular flexibility index (Phi) is 5.45. The second kappa shape index (κ2) is 7.75. The molecule has 2 aromatic rings. The van der Waals surface area contributed by atoms with E-state index in [1.165, 1.54) is 4.88 Å². The van der Waals surface area contributed by atoms with Gasteiger partial charge in [-0.15, -0.1) is 11.3 Å². The Bertz CT molecular complexity index is 636. The highest BCUT2D eigenvalue weighted by molar-refractivity contribution is 7.10. The average Bonchev–Trinajstić information content (AvgIpc) is 3.14. The van der Waals surface area contributed by atoms with Crippen molar-refractivity contribution in [2.75, 3.05) is 18.0 Å². The van der Waals surface area contributed by atoms with E-state index in [1.54, 1.807) is 23.7 Å². The molecular weight excluding hydrogens is 320 g/mol. The van der Waals surface area contributed by atoms with Gasteiger partial charge in [0.2, 0.25) is 11.9 Å². The van der Waals surface area contributed by atoms with Gasteiger partial charge in [0.25, 0.3) is 0 Å². The summed E-state index contributed by atoms with van der Waals surface area (Å²) in [7, 11) is 0. The Morgan fingerprint density at radius 2 is 1.96 bits per heavy atom. The topological polar surface area (TPSA) is 58.1 Å². The van der Waals surface area contributed by atoms with Crippen LogP contribution in [0.5, 0.6) is 0 Å². The van der Waals surface area contributed by atoms with Crippen molar-refractivity contribution in [2.24, 2.45) is 11.8 Å². The summed E-state index contributed by atoms with van der Waals surface area (Å²) in [4.78, 5) is 24.7. The lowest BCUT2D eigenvalue weighted by atomic mass is 9.94. The van der Waals surface area contributed by atoms with E-state index in [0.29, 0.717) is 5.92 Å². The van der Waals surface area contributed by atoms with E-state index in [2.05, 4.69) is 45.5 Å². The van der Waals surface area contributed by atoms with E-state index in [9.17, 15) is 4.79 Å². The molecule has 0 saturated carbocycles. The molecule has 0 radical (unpaired) electrons. The molecule has 5 nitrogen and oxygen atoms in total. The number of carbonyl (C=O) groups is 1. The van der Waals surface area contributed by atoms with E-state index >= 15 is 0 Å². The standard InChI is InChI=1S/C18H24N4OS/c1-13(2)16(15-5-3-12-24-15)21-17(23)14-6-10-22(11-7-14)18-19-8-4-9-20-18/h3-5,8-9,12-14,16H,6-7,10-11H2,1-2H3,(H,21,23)/t16-/m0/s1. The maximum absolute atomic E-state index is 12.7. The zero-order valence-corrected chi connectivity index (χ0v) is 15.0. The Labute approximate surface area is 147 Å². The SMILES string of the molecule is CC(C)[C@H](NC(=O)C1CCN(c2ncccn2)CC1)c1cccs1. The summed E-state index contributed by atoms with van der Waals surface area (Å²) in [5.74, 6) is 1.39. The normalized spacial score (nSPS) is 17.0. The van der Waals surface area contributed by atoms with Gasteiger partial charge in [0.1, 0.15) is 0 Å². The van der Waals surface area contributed by atoms with Crippen LogP contribution in [0.1, 0.15) is 37.6 Å². The van der Waals surface area contributed by atoms with E-state index in [0.717, 1.165) is 31.9 Å². The van der Waals surface area contributed by atoms with Crippen molar-refractivity contribution in [1.29, 1.82) is 0 Å². The summed E-state index contributed by atoms with van der Waals surface area (Å²) in [6.07, 6.45) is 5.21. The van der Waals surface area contributed by atoms with Gasteiger partial charge in [-0.25, -0.2) is 9.97 Å². The van der Waals surface area contributed by atoms with Crippen molar-refractivity contribution in [3.8, 4) is 0 Å². The van der Waals surface area contributed by atoms with Crippen LogP contribution >= 0.6 is 11.3 Å². The zero-order valence-electron chi connectivity index (χ0n) is 14.2. The number of amides is 1. The third kappa shape index (κ3) is 3.93. The molecule has 128 valence electrons. The molecule has 3 heterocycles. The lowest BCUT2D eigenvalue weighted by molar-refractivity contribution is -0.126. The molecule has 24 heavy (non-hydrogen) atoms. The van der Waals surface area contributed by atoms with E-state index in [4.69, 9.17) is 0 Å². The van der Waals surface area contributed by atoms with Crippen molar-refractivity contribution in [3.63, 3.8) is 0 Å². The van der Waals surface area contributed by atoms with Crippen LogP contribution in [0.3, 0.4) is 0 Å². The van der Waals surface area contributed by atoms with Crippen LogP contribution in [-0.2, 0) is 4.79 Å². The van der Waals surface area contributed by atoms with Gasteiger partial charge in [-0.05, 0) is 36.3 Å². The summed E-state index contributed by atoms with van der Waals surface area (Å²) >= 11 is 1.71. The first-order valence-corrected chi connectivity index (χ1v) is 9.39. The quantitative estimate of drug-likeness (QED) is 0.904. The van der Waals surface area contributed by atoms with Crippen LogP contribution in [0.25, 0.3) is 0 Å². The Morgan fingerprint density at radius 1 is 1.25 bits per heavy atom. The van der Waals surface area contributed by atoms with Gasteiger partial charge in [0.05, 0.1) is 6.04 Å². The number of nitrogens with zero attached hydrogens (tertiary/aromatic N) is 3. The summed E-state index contributed by atoms with van der Waals surface area (Å²) in [6, 6.07) is 6.07. The van der Waals surface area contributed by atoms with Gasteiger partial charge in [-0.1, -0.05) is 19.9 Å². The number of rotatable bonds is 5. The second-order valence-electron chi connectivity index (χ2n) is 6.56. The zero-order chi connectivity index (χ0) is 16.9. The average molecular weight is 344 g/mol. The van der Waals surface area contributed by atoms with Crippen molar-refractivity contribution in [1.82, 2.24) is 15.3 Å². The van der Waals surface area contributed by atoms with Gasteiger partial charge in [0, 0.05) is 36.3 Å². The molecule has 0 spiro atoms. The molecule has 0 unspecified atom stereocenters. The van der Waals surface area contributed by atoms with Crippen molar-refractivity contribution in [3.05, 3.63) is 40.8 Å².